The Kier molecular flexibility index (Phi) is 6.17. The van der Waals surface area contributed by atoms with E-state index in [4.69, 9.17) is 4.42 Å². The summed E-state index contributed by atoms with van der Waals surface area (Å²) in [5, 5.41) is 9.83. The topological polar surface area (TPSA) is 84.2 Å². The predicted octanol–water partition coefficient (Wildman–Crippen LogP) is 3.83. The SMILES string of the molecule is O=C(N(Cc1ccc(-c2nnc(C(F)F)o2)cn1)c1cccc(F)c1)C1(F)CCNCC1. The van der Waals surface area contributed by atoms with Crippen molar-refractivity contribution in [1.82, 2.24) is 20.5 Å². The maximum atomic E-state index is 15.4. The van der Waals surface area contributed by atoms with E-state index in [0.29, 0.717) is 24.3 Å². The number of amides is 1. The summed E-state index contributed by atoms with van der Waals surface area (Å²) in [6, 6.07) is 8.37. The van der Waals surface area contributed by atoms with Gasteiger partial charge in [0.1, 0.15) is 5.82 Å². The number of pyridine rings is 1. The van der Waals surface area contributed by atoms with Crippen LogP contribution in [0.15, 0.2) is 47.0 Å². The number of nitrogens with one attached hydrogen (secondary N) is 1. The largest absolute Gasteiger partial charge is 0.415 e. The minimum Gasteiger partial charge on any atom is -0.415 e. The first-order valence-electron chi connectivity index (χ1n) is 9.90. The maximum absolute atomic E-state index is 15.4. The molecule has 7 nitrogen and oxygen atoms in total. The second kappa shape index (κ2) is 9.03. The van der Waals surface area contributed by atoms with Crippen LogP contribution in [0.4, 0.5) is 23.2 Å². The quantitative estimate of drug-likeness (QED) is 0.576. The smallest absolute Gasteiger partial charge is 0.314 e. The molecule has 1 N–H and O–H groups in total. The van der Waals surface area contributed by atoms with Crippen molar-refractivity contribution in [3.63, 3.8) is 0 Å². The summed E-state index contributed by atoms with van der Waals surface area (Å²) in [5.74, 6) is -2.26. The molecule has 1 aliphatic rings. The van der Waals surface area contributed by atoms with Gasteiger partial charge in [0.05, 0.1) is 17.8 Å². The van der Waals surface area contributed by atoms with Crippen molar-refractivity contribution in [1.29, 1.82) is 0 Å². The van der Waals surface area contributed by atoms with Gasteiger partial charge < -0.3 is 14.6 Å². The second-order valence-corrected chi connectivity index (χ2v) is 7.37. The van der Waals surface area contributed by atoms with Crippen LogP contribution >= 0.6 is 0 Å². The highest BCUT2D eigenvalue weighted by Gasteiger charge is 2.43. The van der Waals surface area contributed by atoms with E-state index in [0.717, 1.165) is 11.0 Å². The highest BCUT2D eigenvalue weighted by molar-refractivity contribution is 5.99. The van der Waals surface area contributed by atoms with Gasteiger partial charge in [0.15, 0.2) is 5.67 Å². The number of carbonyl (C=O) groups excluding carboxylic acids is 1. The van der Waals surface area contributed by atoms with Gasteiger partial charge in [0, 0.05) is 24.7 Å². The third-order valence-corrected chi connectivity index (χ3v) is 5.16. The summed E-state index contributed by atoms with van der Waals surface area (Å²) < 4.78 is 59.4. The molecule has 0 unspecified atom stereocenters. The Bertz CT molecular complexity index is 1080. The summed E-state index contributed by atoms with van der Waals surface area (Å²) in [4.78, 5) is 18.5. The van der Waals surface area contributed by atoms with Crippen LogP contribution in [0, 0.1) is 5.82 Å². The fourth-order valence-electron chi connectivity index (χ4n) is 3.45. The van der Waals surface area contributed by atoms with Crippen LogP contribution in [0.2, 0.25) is 0 Å². The van der Waals surface area contributed by atoms with Crippen molar-refractivity contribution >= 4 is 11.6 Å². The minimum atomic E-state index is -2.89. The number of aromatic nitrogens is 3. The first-order valence-corrected chi connectivity index (χ1v) is 9.90. The van der Waals surface area contributed by atoms with Gasteiger partial charge in [-0.05, 0) is 43.4 Å². The van der Waals surface area contributed by atoms with E-state index in [1.165, 1.54) is 36.5 Å². The first kappa shape index (κ1) is 21.9. The molecule has 11 heteroatoms. The van der Waals surface area contributed by atoms with Crippen molar-refractivity contribution in [2.45, 2.75) is 31.5 Å². The lowest BCUT2D eigenvalue weighted by Crippen LogP contribution is -2.51. The number of halogens is 4. The number of carbonyl (C=O) groups is 1. The van der Waals surface area contributed by atoms with Gasteiger partial charge in [-0.2, -0.15) is 8.78 Å². The zero-order valence-corrected chi connectivity index (χ0v) is 16.8. The number of benzene rings is 1. The first-order chi connectivity index (χ1) is 15.4. The monoisotopic (exact) mass is 449 g/mol. The number of anilines is 1. The molecule has 168 valence electrons. The normalized spacial score (nSPS) is 15.7. The van der Waals surface area contributed by atoms with Gasteiger partial charge in [-0.25, -0.2) is 8.78 Å². The molecular formula is C21H19F4N5O2. The van der Waals surface area contributed by atoms with E-state index in [2.05, 4.69) is 20.5 Å². The van der Waals surface area contributed by atoms with E-state index in [1.54, 1.807) is 0 Å². The van der Waals surface area contributed by atoms with Gasteiger partial charge in [0.2, 0.25) is 5.89 Å². The summed E-state index contributed by atoms with van der Waals surface area (Å²) in [6.07, 6.45) is -1.55. The van der Waals surface area contributed by atoms with Crippen molar-refractivity contribution in [2.24, 2.45) is 0 Å². The molecule has 2 aromatic heterocycles. The van der Waals surface area contributed by atoms with Crippen molar-refractivity contribution in [3.8, 4) is 11.5 Å². The molecule has 1 aromatic carbocycles. The Balaban J connectivity index is 1.60. The predicted molar refractivity (Wildman–Crippen MR) is 106 cm³/mol. The van der Waals surface area contributed by atoms with Gasteiger partial charge in [-0.15, -0.1) is 10.2 Å². The highest BCUT2D eigenvalue weighted by atomic mass is 19.3. The Morgan fingerprint density at radius 2 is 1.97 bits per heavy atom. The lowest BCUT2D eigenvalue weighted by atomic mass is 9.92. The number of piperidine rings is 1. The molecule has 4 rings (SSSR count). The fourth-order valence-corrected chi connectivity index (χ4v) is 3.45. The standard InChI is InChI=1S/C21H19F4N5O2/c22-14-2-1-3-16(10-14)30(20(31)21(25)6-8-26-9-7-21)12-15-5-4-13(11-27-15)18-28-29-19(32-18)17(23)24/h1-5,10-11,17,26H,6-9,12H2. The van der Waals surface area contributed by atoms with Gasteiger partial charge in [-0.3, -0.25) is 9.78 Å². The van der Waals surface area contributed by atoms with Crippen molar-refractivity contribution < 1.29 is 26.8 Å². The average molecular weight is 449 g/mol. The Labute approximate surface area is 180 Å². The molecule has 1 saturated heterocycles. The highest BCUT2D eigenvalue weighted by Crippen LogP contribution is 2.30. The lowest BCUT2D eigenvalue weighted by molar-refractivity contribution is -0.131. The molecule has 1 fully saturated rings. The van der Waals surface area contributed by atoms with Crippen LogP contribution in [0.3, 0.4) is 0 Å². The van der Waals surface area contributed by atoms with Gasteiger partial charge in [-0.1, -0.05) is 6.07 Å². The average Bonchev–Trinajstić information content (AvgIpc) is 3.29. The van der Waals surface area contributed by atoms with Gasteiger partial charge >= 0.3 is 6.43 Å². The lowest BCUT2D eigenvalue weighted by Gasteiger charge is -2.34. The third-order valence-electron chi connectivity index (χ3n) is 5.16. The molecule has 0 aliphatic carbocycles. The Morgan fingerprint density at radius 3 is 2.59 bits per heavy atom. The van der Waals surface area contributed by atoms with Gasteiger partial charge in [0.25, 0.3) is 11.8 Å². The summed E-state index contributed by atoms with van der Waals surface area (Å²) >= 11 is 0. The molecule has 0 bridgehead atoms. The molecule has 3 heterocycles. The summed E-state index contributed by atoms with van der Waals surface area (Å²) in [7, 11) is 0. The minimum absolute atomic E-state index is 0.00759. The van der Waals surface area contributed by atoms with Crippen LogP contribution in [-0.4, -0.2) is 39.8 Å². The molecule has 3 aromatic rings. The van der Waals surface area contributed by atoms with E-state index in [-0.39, 0.29) is 31.0 Å². The number of hydrogen-bond acceptors (Lipinski definition) is 6. The van der Waals surface area contributed by atoms with E-state index in [1.807, 2.05) is 0 Å². The maximum Gasteiger partial charge on any atom is 0.314 e. The molecule has 0 radical (unpaired) electrons. The van der Waals surface area contributed by atoms with Crippen LogP contribution < -0.4 is 10.2 Å². The molecule has 0 atom stereocenters. The van der Waals surface area contributed by atoms with E-state index >= 15 is 4.39 Å². The number of nitrogens with zero attached hydrogens (tertiary/aromatic N) is 4. The summed E-state index contributed by atoms with van der Waals surface area (Å²) in [5.41, 5.74) is -1.20. The Morgan fingerprint density at radius 1 is 1.19 bits per heavy atom. The fraction of sp³-hybridized carbons (Fsp3) is 0.333. The molecule has 1 aliphatic heterocycles. The summed E-state index contributed by atoms with van der Waals surface area (Å²) in [6.45, 7) is 0.599. The zero-order valence-electron chi connectivity index (χ0n) is 16.8. The number of hydrogen-bond donors (Lipinski definition) is 1. The van der Waals surface area contributed by atoms with E-state index < -0.39 is 29.7 Å². The third kappa shape index (κ3) is 4.62. The molecule has 0 spiro atoms. The molecule has 32 heavy (non-hydrogen) atoms. The number of alkyl halides is 3. The number of rotatable bonds is 6. The van der Waals surface area contributed by atoms with Crippen LogP contribution in [0.25, 0.3) is 11.5 Å². The van der Waals surface area contributed by atoms with Crippen LogP contribution in [-0.2, 0) is 11.3 Å². The second-order valence-electron chi connectivity index (χ2n) is 7.37. The van der Waals surface area contributed by atoms with E-state index in [9.17, 15) is 18.0 Å². The van der Waals surface area contributed by atoms with Crippen molar-refractivity contribution in [3.05, 3.63) is 60.0 Å². The molecule has 1 amide bonds. The molecule has 0 saturated carbocycles. The van der Waals surface area contributed by atoms with Crippen LogP contribution in [0.1, 0.15) is 30.9 Å². The Hall–Kier alpha value is -3.34. The zero-order chi connectivity index (χ0) is 22.7. The molecular weight excluding hydrogens is 430 g/mol. The van der Waals surface area contributed by atoms with Crippen LogP contribution in [0.5, 0.6) is 0 Å². The van der Waals surface area contributed by atoms with Crippen molar-refractivity contribution in [2.75, 3.05) is 18.0 Å².